The van der Waals surface area contributed by atoms with Gasteiger partial charge in [0, 0.05) is 5.56 Å². The van der Waals surface area contributed by atoms with E-state index in [2.05, 4.69) is 15.9 Å². The molecule has 0 atom stereocenters. The molecule has 0 aromatic heterocycles. The molecule has 1 N–H and O–H groups in total. The van der Waals surface area contributed by atoms with Crippen molar-refractivity contribution >= 4 is 21.8 Å². The van der Waals surface area contributed by atoms with Crippen LogP contribution in [0.3, 0.4) is 0 Å². The van der Waals surface area contributed by atoms with Crippen molar-refractivity contribution in [1.82, 2.24) is 0 Å². The summed E-state index contributed by atoms with van der Waals surface area (Å²) in [6.45, 7) is 2.19. The van der Waals surface area contributed by atoms with E-state index < -0.39 is 0 Å². The molecule has 13 heavy (non-hydrogen) atoms. The first-order valence-corrected chi connectivity index (χ1v) is 4.61. The van der Waals surface area contributed by atoms with Crippen molar-refractivity contribution < 1.29 is 9.13 Å². The number of rotatable bonds is 2. The maximum Gasteiger partial charge on any atom is 0.213 e. The van der Waals surface area contributed by atoms with Crippen molar-refractivity contribution in [3.63, 3.8) is 0 Å². The summed E-state index contributed by atoms with van der Waals surface area (Å²) >= 11 is 3.03. The van der Waals surface area contributed by atoms with Crippen LogP contribution >= 0.6 is 15.9 Å². The summed E-state index contributed by atoms with van der Waals surface area (Å²) in [5.74, 6) is -0.393. The van der Waals surface area contributed by atoms with Crippen molar-refractivity contribution in [3.8, 4) is 0 Å². The number of halogens is 2. The molecule has 2 nitrogen and oxygen atoms in total. The van der Waals surface area contributed by atoms with Gasteiger partial charge in [-0.1, -0.05) is 0 Å². The van der Waals surface area contributed by atoms with E-state index in [0.29, 0.717) is 16.6 Å². The molecule has 0 saturated carbocycles. The first-order valence-electron chi connectivity index (χ1n) is 3.82. The first kappa shape index (κ1) is 10.2. The second-order valence-electron chi connectivity index (χ2n) is 2.39. The second-order valence-corrected chi connectivity index (χ2v) is 3.25. The molecule has 0 radical (unpaired) electrons. The molecular formula is C9H9BrFNO. The summed E-state index contributed by atoms with van der Waals surface area (Å²) in [5, 5.41) is 7.39. The molecule has 0 aliphatic heterocycles. The second kappa shape index (κ2) is 4.37. The summed E-state index contributed by atoms with van der Waals surface area (Å²) in [4.78, 5) is 0. The molecule has 0 saturated heterocycles. The van der Waals surface area contributed by atoms with Gasteiger partial charge in [0.1, 0.15) is 5.82 Å². The third kappa shape index (κ3) is 2.52. The number of hydrogen-bond acceptors (Lipinski definition) is 2. The lowest BCUT2D eigenvalue weighted by Crippen LogP contribution is -2.04. The summed E-state index contributed by atoms with van der Waals surface area (Å²) in [6.07, 6.45) is 0. The molecular weight excluding hydrogens is 237 g/mol. The molecule has 1 rings (SSSR count). The molecule has 0 heterocycles. The van der Waals surface area contributed by atoms with Crippen LogP contribution in [0.2, 0.25) is 0 Å². The van der Waals surface area contributed by atoms with Gasteiger partial charge < -0.3 is 4.74 Å². The van der Waals surface area contributed by atoms with Crippen molar-refractivity contribution in [1.29, 1.82) is 5.41 Å². The summed E-state index contributed by atoms with van der Waals surface area (Å²) < 4.78 is 18.3. The van der Waals surface area contributed by atoms with Crippen LogP contribution < -0.4 is 0 Å². The Morgan fingerprint density at radius 3 is 2.85 bits per heavy atom. The average molecular weight is 246 g/mol. The predicted octanol–water partition coefficient (Wildman–Crippen LogP) is 2.95. The quantitative estimate of drug-likeness (QED) is 0.631. The molecule has 0 aliphatic carbocycles. The van der Waals surface area contributed by atoms with Crippen LogP contribution in [0, 0.1) is 11.2 Å². The third-order valence-electron chi connectivity index (χ3n) is 1.47. The van der Waals surface area contributed by atoms with Gasteiger partial charge in [-0.3, -0.25) is 5.41 Å². The van der Waals surface area contributed by atoms with E-state index in [1.165, 1.54) is 6.07 Å². The van der Waals surface area contributed by atoms with E-state index in [1.54, 1.807) is 19.1 Å². The lowest BCUT2D eigenvalue weighted by Gasteiger charge is -2.04. The van der Waals surface area contributed by atoms with Gasteiger partial charge in [0.25, 0.3) is 0 Å². The van der Waals surface area contributed by atoms with E-state index in [4.69, 9.17) is 10.1 Å². The Balaban J connectivity index is 2.90. The molecule has 1 aromatic rings. The third-order valence-corrected chi connectivity index (χ3v) is 2.11. The Hall–Kier alpha value is -0.900. The fourth-order valence-electron chi connectivity index (χ4n) is 0.865. The van der Waals surface area contributed by atoms with Gasteiger partial charge in [0.2, 0.25) is 5.90 Å². The summed E-state index contributed by atoms with van der Waals surface area (Å²) in [7, 11) is 0. The highest BCUT2D eigenvalue weighted by molar-refractivity contribution is 9.10. The van der Waals surface area contributed by atoms with E-state index >= 15 is 0 Å². The van der Waals surface area contributed by atoms with Crippen molar-refractivity contribution in [2.75, 3.05) is 6.61 Å². The molecule has 0 aliphatic rings. The molecule has 4 heteroatoms. The minimum absolute atomic E-state index is 0.00565. The van der Waals surface area contributed by atoms with Crippen LogP contribution in [0.15, 0.2) is 22.7 Å². The normalized spacial score (nSPS) is 9.77. The van der Waals surface area contributed by atoms with Gasteiger partial charge in [-0.2, -0.15) is 0 Å². The van der Waals surface area contributed by atoms with Crippen LogP contribution in [0.4, 0.5) is 4.39 Å². The lowest BCUT2D eigenvalue weighted by atomic mass is 10.2. The molecule has 1 aromatic carbocycles. The van der Waals surface area contributed by atoms with Gasteiger partial charge in [0.05, 0.1) is 11.1 Å². The highest BCUT2D eigenvalue weighted by Gasteiger charge is 2.05. The molecule has 0 amide bonds. The molecule has 70 valence electrons. The minimum Gasteiger partial charge on any atom is -0.478 e. The van der Waals surface area contributed by atoms with Crippen LogP contribution in [0.5, 0.6) is 0 Å². The van der Waals surface area contributed by atoms with Gasteiger partial charge in [-0.05, 0) is 41.1 Å². The van der Waals surface area contributed by atoms with Gasteiger partial charge >= 0.3 is 0 Å². The Morgan fingerprint density at radius 1 is 1.62 bits per heavy atom. The van der Waals surface area contributed by atoms with Crippen molar-refractivity contribution in [2.24, 2.45) is 0 Å². The lowest BCUT2D eigenvalue weighted by molar-refractivity contribution is 0.325. The SMILES string of the molecule is CCOC(=N)c1ccc(Br)c(F)c1. The maximum absolute atomic E-state index is 13.0. The van der Waals surface area contributed by atoms with Crippen LogP contribution in [0.1, 0.15) is 12.5 Å². The monoisotopic (exact) mass is 245 g/mol. The Kier molecular flexibility index (Phi) is 3.42. The molecule has 0 fully saturated rings. The predicted molar refractivity (Wildman–Crippen MR) is 52.6 cm³/mol. The van der Waals surface area contributed by atoms with Crippen molar-refractivity contribution in [2.45, 2.75) is 6.92 Å². The van der Waals surface area contributed by atoms with Crippen LogP contribution in [0.25, 0.3) is 0 Å². The van der Waals surface area contributed by atoms with Gasteiger partial charge in [0.15, 0.2) is 0 Å². The number of ether oxygens (including phenoxy) is 1. The fourth-order valence-corrected chi connectivity index (χ4v) is 1.11. The molecule has 0 spiro atoms. The Labute approximate surface area is 84.4 Å². The van der Waals surface area contributed by atoms with Crippen LogP contribution in [-0.4, -0.2) is 12.5 Å². The van der Waals surface area contributed by atoms with Crippen LogP contribution in [-0.2, 0) is 4.74 Å². The number of hydrogen-bond donors (Lipinski definition) is 1. The zero-order chi connectivity index (χ0) is 9.84. The standard InChI is InChI=1S/C9H9BrFNO/c1-2-13-9(12)6-3-4-7(10)8(11)5-6/h3-5,12H,2H2,1H3. The Morgan fingerprint density at radius 2 is 2.31 bits per heavy atom. The van der Waals surface area contributed by atoms with Gasteiger partial charge in [-0.25, -0.2) is 4.39 Å². The summed E-state index contributed by atoms with van der Waals surface area (Å²) in [5.41, 5.74) is 0.447. The zero-order valence-corrected chi connectivity index (χ0v) is 8.69. The minimum atomic E-state index is -0.387. The average Bonchev–Trinajstić information content (AvgIpc) is 2.10. The zero-order valence-electron chi connectivity index (χ0n) is 7.10. The molecule has 0 bridgehead atoms. The van der Waals surface area contributed by atoms with E-state index in [0.717, 1.165) is 0 Å². The largest absolute Gasteiger partial charge is 0.478 e. The fraction of sp³-hybridized carbons (Fsp3) is 0.222. The number of benzene rings is 1. The molecule has 0 unspecified atom stereocenters. The topological polar surface area (TPSA) is 33.1 Å². The maximum atomic E-state index is 13.0. The van der Waals surface area contributed by atoms with E-state index in [1.807, 2.05) is 0 Å². The highest BCUT2D eigenvalue weighted by Crippen LogP contribution is 2.16. The number of nitrogens with one attached hydrogen (secondary N) is 1. The Bertz CT molecular complexity index is 327. The van der Waals surface area contributed by atoms with E-state index in [-0.39, 0.29) is 11.7 Å². The summed E-state index contributed by atoms with van der Waals surface area (Å²) in [6, 6.07) is 4.45. The van der Waals surface area contributed by atoms with Crippen molar-refractivity contribution in [3.05, 3.63) is 34.1 Å². The van der Waals surface area contributed by atoms with E-state index in [9.17, 15) is 4.39 Å². The highest BCUT2D eigenvalue weighted by atomic mass is 79.9. The van der Waals surface area contributed by atoms with Gasteiger partial charge in [-0.15, -0.1) is 0 Å². The first-order chi connectivity index (χ1) is 6.15. The smallest absolute Gasteiger partial charge is 0.213 e.